The minimum atomic E-state index is -0.145. The first-order valence-corrected chi connectivity index (χ1v) is 6.96. The minimum Gasteiger partial charge on any atom is -0.399 e. The lowest BCUT2D eigenvalue weighted by atomic mass is 10.2. The molecule has 0 saturated carbocycles. The van der Waals surface area contributed by atoms with E-state index in [4.69, 9.17) is 5.73 Å². The Morgan fingerprint density at radius 2 is 2.10 bits per heavy atom. The van der Waals surface area contributed by atoms with Gasteiger partial charge in [-0.2, -0.15) is 0 Å². The molecule has 3 N–H and O–H groups in total. The molecule has 3 rings (SSSR count). The zero-order chi connectivity index (χ0) is 15.0. The first-order chi connectivity index (χ1) is 10.0. The normalized spacial score (nSPS) is 16.3. The number of nitrogens with zero attached hydrogens (tertiary/aromatic N) is 2. The molecule has 0 aliphatic carbocycles. The second-order valence-electron chi connectivity index (χ2n) is 5.43. The first-order valence-electron chi connectivity index (χ1n) is 6.96. The van der Waals surface area contributed by atoms with Crippen molar-refractivity contribution in [2.24, 2.45) is 0 Å². The van der Waals surface area contributed by atoms with Crippen molar-refractivity contribution >= 4 is 28.4 Å². The van der Waals surface area contributed by atoms with Gasteiger partial charge >= 0.3 is 0 Å². The van der Waals surface area contributed by atoms with Gasteiger partial charge in [0.25, 0.3) is 5.91 Å². The largest absolute Gasteiger partial charge is 0.399 e. The summed E-state index contributed by atoms with van der Waals surface area (Å²) >= 11 is 0. The highest BCUT2D eigenvalue weighted by atomic mass is 16.2. The summed E-state index contributed by atoms with van der Waals surface area (Å²) in [5.41, 5.74) is 7.77. The highest BCUT2D eigenvalue weighted by Gasteiger charge is 2.24. The van der Waals surface area contributed by atoms with E-state index in [-0.39, 0.29) is 18.4 Å². The van der Waals surface area contributed by atoms with Gasteiger partial charge in [0.2, 0.25) is 5.91 Å². The predicted octanol–water partition coefficient (Wildman–Crippen LogP) is 1.05. The lowest BCUT2D eigenvalue weighted by Gasteiger charge is -2.18. The molecule has 1 aromatic carbocycles. The van der Waals surface area contributed by atoms with Gasteiger partial charge in [0, 0.05) is 36.7 Å². The molecular formula is C15H18N4O2. The van der Waals surface area contributed by atoms with Crippen LogP contribution in [0.5, 0.6) is 0 Å². The molecule has 0 unspecified atom stereocenters. The van der Waals surface area contributed by atoms with Gasteiger partial charge < -0.3 is 20.5 Å². The number of amides is 2. The number of carbonyl (C=O) groups excluding carboxylic acids is 2. The number of hydrogen-bond acceptors (Lipinski definition) is 3. The number of carbonyl (C=O) groups is 2. The number of benzene rings is 1. The maximum Gasteiger partial charge on any atom is 0.270 e. The molecule has 1 fully saturated rings. The van der Waals surface area contributed by atoms with Crippen molar-refractivity contribution in [2.45, 2.75) is 6.42 Å². The number of hydrogen-bond donors (Lipinski definition) is 2. The lowest BCUT2D eigenvalue weighted by molar-refractivity contribution is -0.129. The lowest BCUT2D eigenvalue weighted by Crippen LogP contribution is -2.38. The highest BCUT2D eigenvalue weighted by Crippen LogP contribution is 2.19. The van der Waals surface area contributed by atoms with Crippen molar-refractivity contribution in [3.63, 3.8) is 0 Å². The Balaban J connectivity index is 1.87. The van der Waals surface area contributed by atoms with Gasteiger partial charge in [0.1, 0.15) is 12.2 Å². The van der Waals surface area contributed by atoms with Crippen molar-refractivity contribution in [3.05, 3.63) is 30.0 Å². The summed E-state index contributed by atoms with van der Waals surface area (Å²) in [6, 6.07) is 7.25. The van der Waals surface area contributed by atoms with Crippen molar-refractivity contribution in [1.29, 1.82) is 0 Å². The number of aromatic amines is 1. The van der Waals surface area contributed by atoms with Crippen molar-refractivity contribution < 1.29 is 9.59 Å². The maximum absolute atomic E-state index is 12.6. The Kier molecular flexibility index (Phi) is 3.29. The Morgan fingerprint density at radius 1 is 1.29 bits per heavy atom. The fourth-order valence-corrected chi connectivity index (χ4v) is 2.60. The van der Waals surface area contributed by atoms with E-state index < -0.39 is 0 Å². The third-order valence-electron chi connectivity index (χ3n) is 3.84. The topological polar surface area (TPSA) is 82.4 Å². The van der Waals surface area contributed by atoms with Crippen LogP contribution in [0.25, 0.3) is 10.9 Å². The van der Waals surface area contributed by atoms with Gasteiger partial charge in [-0.15, -0.1) is 0 Å². The van der Waals surface area contributed by atoms with Gasteiger partial charge in [-0.3, -0.25) is 9.59 Å². The summed E-state index contributed by atoms with van der Waals surface area (Å²) in [7, 11) is 1.77. The van der Waals surface area contributed by atoms with E-state index in [9.17, 15) is 9.59 Å². The third kappa shape index (κ3) is 2.56. The number of H-pyrrole nitrogens is 1. The van der Waals surface area contributed by atoms with Crippen molar-refractivity contribution in [3.8, 4) is 0 Å². The molecule has 0 radical (unpaired) electrons. The van der Waals surface area contributed by atoms with E-state index in [1.807, 2.05) is 12.1 Å². The van der Waals surface area contributed by atoms with Gasteiger partial charge in [0.15, 0.2) is 0 Å². The summed E-state index contributed by atoms with van der Waals surface area (Å²) in [5, 5.41) is 0.900. The van der Waals surface area contributed by atoms with Crippen LogP contribution in [0.2, 0.25) is 0 Å². The fourth-order valence-electron chi connectivity index (χ4n) is 2.60. The molecule has 1 saturated heterocycles. The molecule has 1 aliphatic rings. The Labute approximate surface area is 122 Å². The van der Waals surface area contributed by atoms with Gasteiger partial charge in [-0.25, -0.2) is 0 Å². The summed E-state index contributed by atoms with van der Waals surface area (Å²) in [4.78, 5) is 30.8. The molecular weight excluding hydrogens is 268 g/mol. The van der Waals surface area contributed by atoms with Gasteiger partial charge in [-0.05, 0) is 30.7 Å². The van der Waals surface area contributed by atoms with E-state index in [2.05, 4.69) is 4.98 Å². The fraction of sp³-hybridized carbons (Fsp3) is 0.333. The molecule has 1 aromatic heterocycles. The Bertz CT molecular complexity index is 707. The molecule has 21 heavy (non-hydrogen) atoms. The van der Waals surface area contributed by atoms with Gasteiger partial charge in [-0.1, -0.05) is 0 Å². The number of aromatic nitrogens is 1. The number of nitrogens with one attached hydrogen (secondary N) is 1. The molecule has 0 atom stereocenters. The van der Waals surface area contributed by atoms with E-state index in [1.54, 1.807) is 29.0 Å². The average Bonchev–Trinajstić information content (AvgIpc) is 2.80. The summed E-state index contributed by atoms with van der Waals surface area (Å²) in [5.74, 6) is -0.172. The van der Waals surface area contributed by atoms with E-state index >= 15 is 0 Å². The number of fused-ring (bicyclic) bond motifs is 1. The van der Waals surface area contributed by atoms with Crippen LogP contribution in [0.15, 0.2) is 24.3 Å². The summed E-state index contributed by atoms with van der Waals surface area (Å²) < 4.78 is 0. The minimum absolute atomic E-state index is 0.0267. The zero-order valence-corrected chi connectivity index (χ0v) is 11.9. The summed E-state index contributed by atoms with van der Waals surface area (Å²) in [6.45, 7) is 1.41. The molecule has 110 valence electrons. The van der Waals surface area contributed by atoms with Crippen LogP contribution >= 0.6 is 0 Å². The van der Waals surface area contributed by atoms with Crippen LogP contribution in [-0.4, -0.2) is 53.3 Å². The highest BCUT2D eigenvalue weighted by molar-refractivity contribution is 6.00. The number of rotatable bonds is 1. The molecule has 0 spiro atoms. The molecule has 2 heterocycles. The van der Waals surface area contributed by atoms with Crippen LogP contribution in [0.1, 0.15) is 16.9 Å². The van der Waals surface area contributed by atoms with Crippen LogP contribution in [-0.2, 0) is 4.79 Å². The standard InChI is InChI=1S/C15H18N4O2/c1-18-5-2-6-19(9-14(18)20)15(21)13-8-10-7-11(16)3-4-12(10)17-13/h3-4,7-8,17H,2,5-6,9,16H2,1H3. The molecule has 6 heteroatoms. The third-order valence-corrected chi connectivity index (χ3v) is 3.84. The zero-order valence-electron chi connectivity index (χ0n) is 11.9. The first kappa shape index (κ1) is 13.5. The Hall–Kier alpha value is -2.50. The molecule has 2 amide bonds. The van der Waals surface area contributed by atoms with Gasteiger partial charge in [0.05, 0.1) is 0 Å². The number of nitrogen functional groups attached to an aromatic ring is 1. The molecule has 2 aromatic rings. The molecule has 6 nitrogen and oxygen atoms in total. The number of anilines is 1. The number of likely N-dealkylation sites (N-methyl/N-ethyl adjacent to an activating group) is 1. The van der Waals surface area contributed by atoms with E-state index in [0.29, 0.717) is 24.5 Å². The second kappa shape index (κ2) is 5.12. The van der Waals surface area contributed by atoms with Crippen molar-refractivity contribution in [1.82, 2.24) is 14.8 Å². The van der Waals surface area contributed by atoms with Crippen LogP contribution in [0, 0.1) is 0 Å². The van der Waals surface area contributed by atoms with Crippen LogP contribution < -0.4 is 5.73 Å². The van der Waals surface area contributed by atoms with Crippen LogP contribution in [0.4, 0.5) is 5.69 Å². The Morgan fingerprint density at radius 3 is 2.90 bits per heavy atom. The predicted molar refractivity (Wildman–Crippen MR) is 80.9 cm³/mol. The second-order valence-corrected chi connectivity index (χ2v) is 5.43. The number of nitrogens with two attached hydrogens (primary N) is 1. The molecule has 1 aliphatic heterocycles. The smallest absolute Gasteiger partial charge is 0.270 e. The van der Waals surface area contributed by atoms with E-state index in [1.165, 1.54) is 0 Å². The van der Waals surface area contributed by atoms with E-state index in [0.717, 1.165) is 17.3 Å². The molecule has 0 bridgehead atoms. The maximum atomic E-state index is 12.6. The van der Waals surface area contributed by atoms with Crippen LogP contribution in [0.3, 0.4) is 0 Å². The quantitative estimate of drug-likeness (QED) is 0.769. The average molecular weight is 286 g/mol. The SMILES string of the molecule is CN1CCCN(C(=O)c2cc3cc(N)ccc3[nH]2)CC1=O. The van der Waals surface area contributed by atoms with Crippen molar-refractivity contribution in [2.75, 3.05) is 32.4 Å². The monoisotopic (exact) mass is 286 g/mol. The summed E-state index contributed by atoms with van der Waals surface area (Å²) in [6.07, 6.45) is 0.793.